The van der Waals surface area contributed by atoms with Crippen molar-refractivity contribution in [2.75, 3.05) is 0 Å². The molecule has 0 unspecified atom stereocenters. The average molecular weight is 247 g/mol. The van der Waals surface area contributed by atoms with E-state index in [-0.39, 0.29) is 5.82 Å². The monoisotopic (exact) mass is 247 g/mol. The number of hydrogen-bond donors (Lipinski definition) is 2. The molecular weight excluding hydrogens is 235 g/mol. The molecule has 1 aromatic heterocycles. The normalized spacial score (nSPS) is 19.5. The molecule has 0 radical (unpaired) electrons. The number of alkyl halides is 3. The summed E-state index contributed by atoms with van der Waals surface area (Å²) < 4.78 is 37.5. The molecule has 0 spiro atoms. The van der Waals surface area contributed by atoms with E-state index in [4.69, 9.17) is 5.73 Å². The van der Waals surface area contributed by atoms with Gasteiger partial charge < -0.3 is 10.7 Å². The van der Waals surface area contributed by atoms with Crippen LogP contribution in [0, 0.1) is 0 Å². The van der Waals surface area contributed by atoms with Gasteiger partial charge in [-0.3, -0.25) is 4.79 Å². The van der Waals surface area contributed by atoms with Gasteiger partial charge in [-0.1, -0.05) is 12.8 Å². The van der Waals surface area contributed by atoms with Crippen LogP contribution in [0.25, 0.3) is 0 Å². The Bertz CT molecular complexity index is 474. The highest BCUT2D eigenvalue weighted by molar-refractivity contribution is 5.13. The zero-order chi connectivity index (χ0) is 12.7. The Morgan fingerprint density at radius 2 is 1.94 bits per heavy atom. The van der Waals surface area contributed by atoms with Crippen molar-refractivity contribution >= 4 is 0 Å². The molecule has 7 heteroatoms. The summed E-state index contributed by atoms with van der Waals surface area (Å²) in [5.74, 6) is -0.0603. The van der Waals surface area contributed by atoms with Crippen molar-refractivity contribution < 1.29 is 13.2 Å². The molecule has 0 amide bonds. The van der Waals surface area contributed by atoms with Gasteiger partial charge in [0, 0.05) is 6.07 Å². The van der Waals surface area contributed by atoms with Gasteiger partial charge in [-0.25, -0.2) is 4.98 Å². The van der Waals surface area contributed by atoms with Gasteiger partial charge in [0.15, 0.2) is 5.69 Å². The van der Waals surface area contributed by atoms with E-state index < -0.39 is 23.0 Å². The van der Waals surface area contributed by atoms with Gasteiger partial charge in [0.25, 0.3) is 5.56 Å². The largest absolute Gasteiger partial charge is 0.433 e. The second kappa shape index (κ2) is 3.83. The molecule has 1 aliphatic carbocycles. The SMILES string of the molecule is NC1(c2nc(C(F)(F)F)cc(=O)[nH]2)CCCC1. The first-order chi connectivity index (χ1) is 7.81. The zero-order valence-electron chi connectivity index (χ0n) is 8.97. The van der Waals surface area contributed by atoms with Crippen LogP contribution in [0.2, 0.25) is 0 Å². The van der Waals surface area contributed by atoms with Gasteiger partial charge in [-0.05, 0) is 12.8 Å². The Hall–Kier alpha value is -1.37. The highest BCUT2D eigenvalue weighted by Gasteiger charge is 2.38. The second-order valence-electron chi connectivity index (χ2n) is 4.34. The molecule has 3 N–H and O–H groups in total. The molecule has 1 aliphatic rings. The van der Waals surface area contributed by atoms with Crippen molar-refractivity contribution in [2.45, 2.75) is 37.4 Å². The molecule has 0 atom stereocenters. The smallest absolute Gasteiger partial charge is 0.319 e. The van der Waals surface area contributed by atoms with Crippen LogP contribution >= 0.6 is 0 Å². The predicted molar refractivity (Wildman–Crippen MR) is 54.2 cm³/mol. The lowest BCUT2D eigenvalue weighted by atomic mass is 9.98. The van der Waals surface area contributed by atoms with E-state index in [2.05, 4.69) is 9.97 Å². The molecule has 1 fully saturated rings. The molecule has 17 heavy (non-hydrogen) atoms. The van der Waals surface area contributed by atoms with Gasteiger partial charge in [0.1, 0.15) is 5.82 Å². The first kappa shape index (κ1) is 12.1. The van der Waals surface area contributed by atoms with Crippen LogP contribution in [0.1, 0.15) is 37.2 Å². The molecule has 0 aromatic carbocycles. The van der Waals surface area contributed by atoms with E-state index in [1.807, 2.05) is 0 Å². The van der Waals surface area contributed by atoms with Gasteiger partial charge in [0.05, 0.1) is 5.54 Å². The number of halogens is 3. The fraction of sp³-hybridized carbons (Fsp3) is 0.600. The summed E-state index contributed by atoms with van der Waals surface area (Å²) in [4.78, 5) is 17.0. The maximum absolute atomic E-state index is 12.5. The number of nitrogens with one attached hydrogen (secondary N) is 1. The van der Waals surface area contributed by atoms with Gasteiger partial charge in [-0.15, -0.1) is 0 Å². The molecule has 94 valence electrons. The van der Waals surface area contributed by atoms with Crippen LogP contribution in [-0.2, 0) is 11.7 Å². The molecule has 1 heterocycles. The quantitative estimate of drug-likeness (QED) is 0.790. The van der Waals surface area contributed by atoms with Crippen molar-refractivity contribution in [3.05, 3.63) is 27.9 Å². The molecule has 0 aliphatic heterocycles. The highest BCUT2D eigenvalue weighted by atomic mass is 19.4. The van der Waals surface area contributed by atoms with Crippen LogP contribution < -0.4 is 11.3 Å². The Morgan fingerprint density at radius 3 is 2.47 bits per heavy atom. The van der Waals surface area contributed by atoms with Gasteiger partial charge in [-0.2, -0.15) is 13.2 Å². The van der Waals surface area contributed by atoms with E-state index >= 15 is 0 Å². The van der Waals surface area contributed by atoms with E-state index in [0.717, 1.165) is 12.8 Å². The lowest BCUT2D eigenvalue weighted by Crippen LogP contribution is -2.38. The predicted octanol–water partition coefficient (Wildman–Crippen LogP) is 1.52. The lowest BCUT2D eigenvalue weighted by molar-refractivity contribution is -0.141. The minimum Gasteiger partial charge on any atom is -0.319 e. The summed E-state index contributed by atoms with van der Waals surface area (Å²) in [6.45, 7) is 0. The Kier molecular flexibility index (Phi) is 2.73. The Morgan fingerprint density at radius 1 is 1.35 bits per heavy atom. The van der Waals surface area contributed by atoms with Crippen LogP contribution in [0.3, 0.4) is 0 Å². The van der Waals surface area contributed by atoms with Crippen LogP contribution in [0.4, 0.5) is 13.2 Å². The van der Waals surface area contributed by atoms with E-state index in [1.54, 1.807) is 0 Å². The van der Waals surface area contributed by atoms with E-state index in [9.17, 15) is 18.0 Å². The molecule has 2 rings (SSSR count). The van der Waals surface area contributed by atoms with Gasteiger partial charge in [0.2, 0.25) is 0 Å². The first-order valence-electron chi connectivity index (χ1n) is 5.29. The number of nitrogens with zero attached hydrogens (tertiary/aromatic N) is 1. The standard InChI is InChI=1S/C10H12F3N3O/c11-10(12,13)6-5-7(17)16-8(15-6)9(14)3-1-2-4-9/h5H,1-4,14H2,(H,15,16,17). The summed E-state index contributed by atoms with van der Waals surface area (Å²) in [5.41, 5.74) is 3.02. The summed E-state index contributed by atoms with van der Waals surface area (Å²) in [5, 5.41) is 0. The maximum atomic E-state index is 12.5. The zero-order valence-corrected chi connectivity index (χ0v) is 8.97. The van der Waals surface area contributed by atoms with Crippen molar-refractivity contribution in [1.29, 1.82) is 0 Å². The molecule has 0 bridgehead atoms. The highest BCUT2D eigenvalue weighted by Crippen LogP contribution is 2.35. The topological polar surface area (TPSA) is 71.8 Å². The third kappa shape index (κ3) is 2.33. The summed E-state index contributed by atoms with van der Waals surface area (Å²) in [7, 11) is 0. The average Bonchev–Trinajstić information content (AvgIpc) is 2.64. The van der Waals surface area contributed by atoms with E-state index in [1.165, 1.54) is 0 Å². The molecule has 4 nitrogen and oxygen atoms in total. The number of H-pyrrole nitrogens is 1. The molecule has 1 aromatic rings. The molecule has 1 saturated carbocycles. The fourth-order valence-electron chi connectivity index (χ4n) is 2.08. The number of nitrogens with two attached hydrogens (primary N) is 1. The first-order valence-corrected chi connectivity index (χ1v) is 5.29. The summed E-state index contributed by atoms with van der Waals surface area (Å²) in [6, 6.07) is 0.446. The Labute approximate surface area is 95.1 Å². The fourth-order valence-corrected chi connectivity index (χ4v) is 2.08. The number of aromatic nitrogens is 2. The van der Waals surface area contributed by atoms with Crippen LogP contribution in [0.15, 0.2) is 10.9 Å². The third-order valence-corrected chi connectivity index (χ3v) is 3.00. The summed E-state index contributed by atoms with van der Waals surface area (Å²) in [6.07, 6.45) is -1.89. The van der Waals surface area contributed by atoms with Crippen molar-refractivity contribution in [1.82, 2.24) is 9.97 Å². The minimum absolute atomic E-state index is 0.0603. The number of hydrogen-bond acceptors (Lipinski definition) is 3. The van der Waals surface area contributed by atoms with Gasteiger partial charge >= 0.3 is 6.18 Å². The molecular formula is C10H12F3N3O. The summed E-state index contributed by atoms with van der Waals surface area (Å²) >= 11 is 0. The minimum atomic E-state index is -4.63. The third-order valence-electron chi connectivity index (χ3n) is 3.00. The maximum Gasteiger partial charge on any atom is 0.433 e. The van der Waals surface area contributed by atoms with Crippen molar-refractivity contribution in [3.63, 3.8) is 0 Å². The van der Waals surface area contributed by atoms with Crippen LogP contribution in [0.5, 0.6) is 0 Å². The van der Waals surface area contributed by atoms with Crippen molar-refractivity contribution in [3.8, 4) is 0 Å². The molecule has 0 saturated heterocycles. The number of rotatable bonds is 1. The van der Waals surface area contributed by atoms with Crippen LogP contribution in [-0.4, -0.2) is 9.97 Å². The second-order valence-corrected chi connectivity index (χ2v) is 4.34. The number of aromatic amines is 1. The lowest BCUT2D eigenvalue weighted by Gasteiger charge is -2.22. The Balaban J connectivity index is 2.49. The van der Waals surface area contributed by atoms with Crippen molar-refractivity contribution in [2.24, 2.45) is 5.73 Å². The van der Waals surface area contributed by atoms with E-state index in [0.29, 0.717) is 18.9 Å².